The van der Waals surface area contributed by atoms with Crippen LogP contribution in [0.4, 0.5) is 0 Å². The van der Waals surface area contributed by atoms with E-state index >= 15 is 0 Å². The minimum Gasteiger partial charge on any atom is -0.487 e. The van der Waals surface area contributed by atoms with Crippen LogP contribution in [0.3, 0.4) is 0 Å². The summed E-state index contributed by atoms with van der Waals surface area (Å²) in [6.45, 7) is 4.01. The number of fused-ring (bicyclic) bond motifs is 1. The van der Waals surface area contributed by atoms with E-state index in [2.05, 4.69) is 0 Å². The second kappa shape index (κ2) is 3.41. The second-order valence-electron chi connectivity index (χ2n) is 5.87. The Hall–Kier alpha value is -1.22. The number of ether oxygens (including phenoxy) is 1. The number of carbonyl (C=O) groups is 1. The molecule has 0 atom stereocenters. The fraction of sp³-hybridized carbons (Fsp3) is 0.500. The van der Waals surface area contributed by atoms with Crippen molar-refractivity contribution in [1.82, 2.24) is 0 Å². The van der Waals surface area contributed by atoms with Crippen LogP contribution in [-0.4, -0.2) is 16.7 Å². The van der Waals surface area contributed by atoms with E-state index in [9.17, 15) is 9.90 Å². The SMILES string of the molecule is CC1(C)Cc2cc(Cl)cc(C3(C(=O)O)CC3)c2O1. The molecule has 1 aliphatic heterocycles. The third-order valence-corrected chi connectivity index (χ3v) is 4.02. The van der Waals surface area contributed by atoms with Gasteiger partial charge in [0.1, 0.15) is 11.4 Å². The van der Waals surface area contributed by atoms with Crippen molar-refractivity contribution in [3.05, 3.63) is 28.3 Å². The lowest BCUT2D eigenvalue weighted by atomic mass is 9.92. The van der Waals surface area contributed by atoms with E-state index in [-0.39, 0.29) is 5.60 Å². The van der Waals surface area contributed by atoms with E-state index < -0.39 is 11.4 Å². The molecule has 0 bridgehead atoms. The van der Waals surface area contributed by atoms with E-state index in [1.165, 1.54) is 0 Å². The molecule has 1 aromatic carbocycles. The average Bonchev–Trinajstić information content (AvgIpc) is 2.96. The molecule has 1 saturated carbocycles. The largest absolute Gasteiger partial charge is 0.487 e. The Morgan fingerprint density at radius 2 is 2.06 bits per heavy atom. The minimum atomic E-state index is -0.778. The summed E-state index contributed by atoms with van der Waals surface area (Å²) in [5.41, 5.74) is 0.726. The average molecular weight is 267 g/mol. The van der Waals surface area contributed by atoms with Crippen LogP contribution in [0, 0.1) is 0 Å². The van der Waals surface area contributed by atoms with Crippen LogP contribution in [0.15, 0.2) is 12.1 Å². The molecular formula is C14H15ClO3. The molecule has 0 saturated heterocycles. The molecule has 18 heavy (non-hydrogen) atoms. The Labute approximate surface area is 111 Å². The molecule has 1 heterocycles. The van der Waals surface area contributed by atoms with E-state index in [4.69, 9.17) is 16.3 Å². The number of rotatable bonds is 2. The maximum Gasteiger partial charge on any atom is 0.314 e. The number of halogens is 1. The molecule has 96 valence electrons. The highest BCUT2D eigenvalue weighted by Gasteiger charge is 2.54. The highest BCUT2D eigenvalue weighted by molar-refractivity contribution is 6.30. The topological polar surface area (TPSA) is 46.5 Å². The van der Waals surface area contributed by atoms with E-state index in [1.54, 1.807) is 6.07 Å². The second-order valence-corrected chi connectivity index (χ2v) is 6.30. The first-order valence-electron chi connectivity index (χ1n) is 6.09. The van der Waals surface area contributed by atoms with Gasteiger partial charge in [0, 0.05) is 17.0 Å². The van der Waals surface area contributed by atoms with Crippen molar-refractivity contribution in [1.29, 1.82) is 0 Å². The molecule has 3 nitrogen and oxygen atoms in total. The highest BCUT2D eigenvalue weighted by atomic mass is 35.5. The van der Waals surface area contributed by atoms with E-state index in [0.717, 1.165) is 23.3 Å². The van der Waals surface area contributed by atoms with Crippen LogP contribution in [0.25, 0.3) is 0 Å². The molecule has 1 aliphatic carbocycles. The number of carboxylic acid groups (broad SMARTS) is 1. The van der Waals surface area contributed by atoms with Crippen molar-refractivity contribution in [3.63, 3.8) is 0 Å². The summed E-state index contributed by atoms with van der Waals surface area (Å²) in [7, 11) is 0. The Balaban J connectivity index is 2.16. The summed E-state index contributed by atoms with van der Waals surface area (Å²) in [4.78, 5) is 11.5. The Morgan fingerprint density at radius 1 is 1.39 bits per heavy atom. The van der Waals surface area contributed by atoms with Crippen LogP contribution in [0.2, 0.25) is 5.02 Å². The van der Waals surface area contributed by atoms with Gasteiger partial charge in [-0.3, -0.25) is 4.79 Å². The van der Waals surface area contributed by atoms with Gasteiger partial charge in [0.05, 0.1) is 5.41 Å². The van der Waals surface area contributed by atoms with Crippen molar-refractivity contribution in [2.24, 2.45) is 0 Å². The van der Waals surface area contributed by atoms with Gasteiger partial charge in [-0.15, -0.1) is 0 Å². The molecule has 0 unspecified atom stereocenters. The van der Waals surface area contributed by atoms with Crippen LogP contribution in [-0.2, 0) is 16.6 Å². The van der Waals surface area contributed by atoms with Gasteiger partial charge in [-0.05, 0) is 44.4 Å². The van der Waals surface area contributed by atoms with Crippen LogP contribution in [0.5, 0.6) is 5.75 Å². The lowest BCUT2D eigenvalue weighted by Gasteiger charge is -2.20. The third kappa shape index (κ3) is 1.61. The predicted octanol–water partition coefficient (Wildman–Crippen LogP) is 3.17. The molecule has 1 N–H and O–H groups in total. The van der Waals surface area contributed by atoms with Gasteiger partial charge in [0.25, 0.3) is 0 Å². The third-order valence-electron chi connectivity index (χ3n) is 3.80. The van der Waals surface area contributed by atoms with Gasteiger partial charge in [-0.1, -0.05) is 11.6 Å². The minimum absolute atomic E-state index is 0.281. The van der Waals surface area contributed by atoms with Crippen LogP contribution < -0.4 is 4.74 Å². The smallest absolute Gasteiger partial charge is 0.314 e. The summed E-state index contributed by atoms with van der Waals surface area (Å²) >= 11 is 6.11. The molecule has 3 rings (SSSR count). The van der Waals surface area contributed by atoms with Gasteiger partial charge in [0.2, 0.25) is 0 Å². The number of carboxylic acids is 1. The fourth-order valence-corrected chi connectivity index (χ4v) is 2.99. The molecule has 1 aromatic rings. The number of hydrogen-bond acceptors (Lipinski definition) is 2. The van der Waals surface area contributed by atoms with Crippen molar-refractivity contribution in [2.45, 2.75) is 44.1 Å². The molecule has 4 heteroatoms. The summed E-state index contributed by atoms with van der Waals surface area (Å²) in [6.07, 6.45) is 2.10. The van der Waals surface area contributed by atoms with Gasteiger partial charge < -0.3 is 9.84 Å². The predicted molar refractivity (Wildman–Crippen MR) is 68.4 cm³/mol. The molecule has 2 aliphatic rings. The van der Waals surface area contributed by atoms with Crippen molar-refractivity contribution >= 4 is 17.6 Å². The molecule has 0 amide bonds. The molecule has 1 fully saturated rings. The summed E-state index contributed by atoms with van der Waals surface area (Å²) in [5.74, 6) is -0.0374. The quantitative estimate of drug-likeness (QED) is 0.894. The first-order chi connectivity index (χ1) is 8.34. The summed E-state index contributed by atoms with van der Waals surface area (Å²) in [6, 6.07) is 3.63. The zero-order valence-electron chi connectivity index (χ0n) is 10.4. The van der Waals surface area contributed by atoms with E-state index in [1.807, 2.05) is 19.9 Å². The standard InChI is InChI=1S/C14H15ClO3/c1-13(2)7-8-5-9(15)6-10(11(8)18-13)14(3-4-14)12(16)17/h5-6H,3-4,7H2,1-2H3,(H,16,17). The Morgan fingerprint density at radius 3 is 2.61 bits per heavy atom. The molecular weight excluding hydrogens is 252 g/mol. The molecule has 0 spiro atoms. The zero-order chi connectivity index (χ0) is 13.1. The van der Waals surface area contributed by atoms with Gasteiger partial charge >= 0.3 is 5.97 Å². The van der Waals surface area contributed by atoms with Crippen molar-refractivity contribution < 1.29 is 14.6 Å². The molecule has 0 aromatic heterocycles. The number of aliphatic carboxylic acids is 1. The van der Waals surface area contributed by atoms with Crippen molar-refractivity contribution in [3.8, 4) is 5.75 Å². The van der Waals surface area contributed by atoms with E-state index in [0.29, 0.717) is 17.9 Å². The zero-order valence-corrected chi connectivity index (χ0v) is 11.2. The van der Waals surface area contributed by atoms with Crippen molar-refractivity contribution in [2.75, 3.05) is 0 Å². The highest BCUT2D eigenvalue weighted by Crippen LogP contribution is 2.55. The Bertz CT molecular complexity index is 544. The first-order valence-corrected chi connectivity index (χ1v) is 6.47. The summed E-state index contributed by atoms with van der Waals surface area (Å²) < 4.78 is 5.93. The maximum atomic E-state index is 11.5. The molecule has 0 radical (unpaired) electrons. The monoisotopic (exact) mass is 266 g/mol. The van der Waals surface area contributed by atoms with Crippen LogP contribution >= 0.6 is 11.6 Å². The maximum absolute atomic E-state index is 11.5. The first kappa shape index (κ1) is 11.8. The number of benzene rings is 1. The normalized spacial score (nSPS) is 22.2. The Kier molecular flexibility index (Phi) is 2.25. The number of hydrogen-bond donors (Lipinski definition) is 1. The lowest BCUT2D eigenvalue weighted by Crippen LogP contribution is -2.26. The fourth-order valence-electron chi connectivity index (χ4n) is 2.75. The van der Waals surface area contributed by atoms with Gasteiger partial charge in [-0.25, -0.2) is 0 Å². The summed E-state index contributed by atoms with van der Waals surface area (Å²) in [5, 5.41) is 10.0. The van der Waals surface area contributed by atoms with Gasteiger partial charge in [0.15, 0.2) is 0 Å². The van der Waals surface area contributed by atoms with Crippen LogP contribution in [0.1, 0.15) is 37.8 Å². The lowest BCUT2D eigenvalue weighted by molar-refractivity contribution is -0.140. The van der Waals surface area contributed by atoms with Gasteiger partial charge in [-0.2, -0.15) is 0 Å².